The monoisotopic (exact) mass is 484 g/mol. The number of benzene rings is 2. The summed E-state index contributed by atoms with van der Waals surface area (Å²) in [7, 11) is 1.58. The SMILES string of the molecule is CCn1c(=O)n(Cc2ccc(Br)cc2F)c(=O)c2cnc(-c3ccc(OC)cc3)nc21. The van der Waals surface area contributed by atoms with Gasteiger partial charge in [0.2, 0.25) is 0 Å². The molecule has 158 valence electrons. The lowest BCUT2D eigenvalue weighted by molar-refractivity contribution is 0.415. The molecule has 2 aromatic heterocycles. The molecule has 0 fully saturated rings. The molecule has 0 spiro atoms. The number of halogens is 2. The molecule has 2 aromatic carbocycles. The third-order valence-electron chi connectivity index (χ3n) is 4.97. The third kappa shape index (κ3) is 3.88. The number of hydrogen-bond acceptors (Lipinski definition) is 5. The van der Waals surface area contributed by atoms with Crippen LogP contribution in [0.2, 0.25) is 0 Å². The van der Waals surface area contributed by atoms with Gasteiger partial charge in [0.1, 0.15) is 17.0 Å². The van der Waals surface area contributed by atoms with Gasteiger partial charge in [0.25, 0.3) is 5.56 Å². The fourth-order valence-corrected chi connectivity index (χ4v) is 3.66. The van der Waals surface area contributed by atoms with Crippen molar-refractivity contribution in [1.82, 2.24) is 19.1 Å². The first kappa shape index (κ1) is 20.9. The van der Waals surface area contributed by atoms with E-state index in [1.54, 1.807) is 44.4 Å². The Hall–Kier alpha value is -3.33. The van der Waals surface area contributed by atoms with Crippen LogP contribution < -0.4 is 16.0 Å². The molecule has 0 amide bonds. The first-order valence-electron chi connectivity index (χ1n) is 9.51. The largest absolute Gasteiger partial charge is 0.497 e. The molecule has 0 bridgehead atoms. The zero-order valence-electron chi connectivity index (χ0n) is 16.8. The molecule has 0 N–H and O–H groups in total. The Balaban J connectivity index is 1.87. The number of nitrogens with zero attached hydrogens (tertiary/aromatic N) is 4. The molecule has 0 aliphatic heterocycles. The number of methoxy groups -OCH3 is 1. The average Bonchev–Trinajstić information content (AvgIpc) is 2.78. The maximum Gasteiger partial charge on any atom is 0.332 e. The summed E-state index contributed by atoms with van der Waals surface area (Å²) in [5, 5.41) is 0.191. The summed E-state index contributed by atoms with van der Waals surface area (Å²) in [4.78, 5) is 34.9. The second-order valence-electron chi connectivity index (χ2n) is 6.81. The van der Waals surface area contributed by atoms with Crippen LogP contribution in [0.25, 0.3) is 22.4 Å². The van der Waals surface area contributed by atoms with Crippen molar-refractivity contribution >= 4 is 27.0 Å². The number of rotatable bonds is 5. The third-order valence-corrected chi connectivity index (χ3v) is 5.46. The molecule has 0 aliphatic rings. The van der Waals surface area contributed by atoms with Gasteiger partial charge in [-0.3, -0.25) is 13.9 Å². The Labute approximate surface area is 184 Å². The van der Waals surface area contributed by atoms with Gasteiger partial charge in [-0.05, 0) is 43.3 Å². The quantitative estimate of drug-likeness (QED) is 0.432. The molecule has 0 saturated heterocycles. The molecule has 4 aromatic rings. The van der Waals surface area contributed by atoms with Crippen LogP contribution in [0.4, 0.5) is 4.39 Å². The molecule has 0 atom stereocenters. The van der Waals surface area contributed by atoms with Gasteiger partial charge in [-0.2, -0.15) is 0 Å². The van der Waals surface area contributed by atoms with E-state index in [-0.39, 0.29) is 29.7 Å². The molecular formula is C22H18BrFN4O3. The molecule has 0 saturated carbocycles. The van der Waals surface area contributed by atoms with Crippen LogP contribution in [0.1, 0.15) is 12.5 Å². The normalized spacial score (nSPS) is 11.1. The molecular weight excluding hydrogens is 467 g/mol. The molecule has 4 rings (SSSR count). The summed E-state index contributed by atoms with van der Waals surface area (Å²) in [6.07, 6.45) is 1.41. The first-order valence-corrected chi connectivity index (χ1v) is 10.3. The number of aryl methyl sites for hydroxylation is 1. The van der Waals surface area contributed by atoms with Crippen molar-refractivity contribution < 1.29 is 9.13 Å². The van der Waals surface area contributed by atoms with E-state index in [0.29, 0.717) is 16.0 Å². The molecule has 7 nitrogen and oxygen atoms in total. The second-order valence-corrected chi connectivity index (χ2v) is 7.73. The van der Waals surface area contributed by atoms with E-state index in [4.69, 9.17) is 4.74 Å². The molecule has 2 heterocycles. The lowest BCUT2D eigenvalue weighted by atomic mass is 10.2. The van der Waals surface area contributed by atoms with Crippen LogP contribution in [0, 0.1) is 5.82 Å². The van der Waals surface area contributed by atoms with Crippen molar-refractivity contribution in [1.29, 1.82) is 0 Å². The van der Waals surface area contributed by atoms with Crippen molar-refractivity contribution in [3.63, 3.8) is 0 Å². The minimum absolute atomic E-state index is 0.188. The smallest absolute Gasteiger partial charge is 0.332 e. The van der Waals surface area contributed by atoms with Gasteiger partial charge in [-0.1, -0.05) is 22.0 Å². The maximum absolute atomic E-state index is 14.3. The Morgan fingerprint density at radius 2 is 1.84 bits per heavy atom. The first-order chi connectivity index (χ1) is 14.9. The van der Waals surface area contributed by atoms with Gasteiger partial charge < -0.3 is 4.74 Å². The van der Waals surface area contributed by atoms with Gasteiger partial charge in [0, 0.05) is 28.3 Å². The lowest BCUT2D eigenvalue weighted by Gasteiger charge is -2.13. The van der Waals surface area contributed by atoms with Crippen molar-refractivity contribution in [3.05, 3.63) is 85.4 Å². The minimum Gasteiger partial charge on any atom is -0.497 e. The van der Waals surface area contributed by atoms with Crippen molar-refractivity contribution in [2.24, 2.45) is 0 Å². The van der Waals surface area contributed by atoms with E-state index in [0.717, 1.165) is 10.1 Å². The average molecular weight is 485 g/mol. The topological polar surface area (TPSA) is 79.0 Å². The predicted molar refractivity (Wildman–Crippen MR) is 119 cm³/mol. The standard InChI is InChI=1S/C22H18BrFN4O3/c1-3-27-20-17(11-25-19(26-20)13-5-8-16(31-2)9-6-13)21(29)28(22(27)30)12-14-4-7-15(23)10-18(14)24/h4-11H,3,12H2,1-2H3. The Morgan fingerprint density at radius 1 is 1.10 bits per heavy atom. The highest BCUT2D eigenvalue weighted by Crippen LogP contribution is 2.20. The van der Waals surface area contributed by atoms with Gasteiger partial charge in [-0.25, -0.2) is 19.2 Å². The summed E-state index contributed by atoms with van der Waals surface area (Å²) in [6, 6.07) is 11.6. The molecule has 0 aliphatic carbocycles. The summed E-state index contributed by atoms with van der Waals surface area (Å²) in [5.41, 5.74) is 0.0833. The fourth-order valence-electron chi connectivity index (χ4n) is 3.32. The van der Waals surface area contributed by atoms with Crippen LogP contribution in [-0.4, -0.2) is 26.2 Å². The van der Waals surface area contributed by atoms with Gasteiger partial charge in [0.15, 0.2) is 11.5 Å². The highest BCUT2D eigenvalue weighted by Gasteiger charge is 2.17. The summed E-state index contributed by atoms with van der Waals surface area (Å²) >= 11 is 3.20. The highest BCUT2D eigenvalue weighted by molar-refractivity contribution is 9.10. The number of fused-ring (bicyclic) bond motifs is 1. The zero-order valence-corrected chi connectivity index (χ0v) is 18.4. The number of aromatic nitrogens is 4. The second kappa shape index (κ2) is 8.43. The Bertz CT molecular complexity index is 1400. The van der Waals surface area contributed by atoms with Crippen LogP contribution in [0.5, 0.6) is 5.75 Å². The Kier molecular flexibility index (Phi) is 5.69. The van der Waals surface area contributed by atoms with E-state index in [9.17, 15) is 14.0 Å². The van der Waals surface area contributed by atoms with Gasteiger partial charge >= 0.3 is 5.69 Å². The Morgan fingerprint density at radius 3 is 2.48 bits per heavy atom. The highest BCUT2D eigenvalue weighted by atomic mass is 79.9. The molecule has 31 heavy (non-hydrogen) atoms. The molecule has 0 radical (unpaired) electrons. The van der Waals surface area contributed by atoms with E-state index >= 15 is 0 Å². The zero-order chi connectivity index (χ0) is 22.1. The van der Waals surface area contributed by atoms with Crippen LogP contribution in [0.3, 0.4) is 0 Å². The lowest BCUT2D eigenvalue weighted by Crippen LogP contribution is -2.40. The summed E-state index contributed by atoms with van der Waals surface area (Å²) < 4.78 is 22.4. The van der Waals surface area contributed by atoms with Crippen LogP contribution in [-0.2, 0) is 13.1 Å². The van der Waals surface area contributed by atoms with E-state index < -0.39 is 17.1 Å². The minimum atomic E-state index is -0.562. The van der Waals surface area contributed by atoms with Crippen molar-refractivity contribution in [2.45, 2.75) is 20.0 Å². The van der Waals surface area contributed by atoms with Crippen molar-refractivity contribution in [2.75, 3.05) is 7.11 Å². The van der Waals surface area contributed by atoms with Gasteiger partial charge in [-0.15, -0.1) is 0 Å². The predicted octanol–water partition coefficient (Wildman–Crippen LogP) is 3.60. The number of hydrogen-bond donors (Lipinski definition) is 0. The number of ether oxygens (including phenoxy) is 1. The van der Waals surface area contributed by atoms with E-state index in [2.05, 4.69) is 25.9 Å². The summed E-state index contributed by atoms with van der Waals surface area (Å²) in [6.45, 7) is 1.88. The van der Waals surface area contributed by atoms with E-state index in [1.165, 1.54) is 22.9 Å². The summed E-state index contributed by atoms with van der Waals surface area (Å²) in [5.74, 6) is 0.570. The molecule has 9 heteroatoms. The fraction of sp³-hybridized carbons (Fsp3) is 0.182. The molecule has 0 unspecified atom stereocenters. The van der Waals surface area contributed by atoms with Crippen LogP contribution in [0.15, 0.2) is 62.7 Å². The van der Waals surface area contributed by atoms with Gasteiger partial charge in [0.05, 0.1) is 13.7 Å². The maximum atomic E-state index is 14.3. The van der Waals surface area contributed by atoms with Crippen molar-refractivity contribution in [3.8, 4) is 17.1 Å². The van der Waals surface area contributed by atoms with E-state index in [1.807, 2.05) is 0 Å². The van der Waals surface area contributed by atoms with Crippen LogP contribution >= 0.6 is 15.9 Å².